The number of pyridine rings is 2. The molecule has 0 atom stereocenters. The van der Waals surface area contributed by atoms with E-state index in [0.717, 1.165) is 48.5 Å². The molecule has 182 valence electrons. The van der Waals surface area contributed by atoms with Crippen LogP contribution < -0.4 is 15.5 Å². The van der Waals surface area contributed by atoms with Crippen LogP contribution in [0.4, 0.5) is 11.6 Å². The van der Waals surface area contributed by atoms with Gasteiger partial charge in [-0.2, -0.15) is 0 Å². The Hall–Kier alpha value is -4.44. The second-order valence-electron chi connectivity index (χ2n) is 8.69. The maximum atomic E-state index is 13.0. The first-order valence-electron chi connectivity index (χ1n) is 11.7. The highest BCUT2D eigenvalue weighted by Gasteiger charge is 2.17. The topological polar surface area (TPSA) is 116 Å². The average Bonchev–Trinajstić information content (AvgIpc) is 2.92. The summed E-state index contributed by atoms with van der Waals surface area (Å²) < 4.78 is 0. The highest BCUT2D eigenvalue weighted by molar-refractivity contribution is 6.04. The number of amides is 2. The molecular weight excluding hydrogens is 456 g/mol. The number of hydrogen-bond donors (Lipinski definition) is 2. The van der Waals surface area contributed by atoms with Gasteiger partial charge in [-0.05, 0) is 49.0 Å². The van der Waals surface area contributed by atoms with E-state index < -0.39 is 0 Å². The van der Waals surface area contributed by atoms with Gasteiger partial charge in [0.15, 0.2) is 5.82 Å². The Morgan fingerprint density at radius 3 is 2.50 bits per heavy atom. The van der Waals surface area contributed by atoms with Gasteiger partial charge in [-0.15, -0.1) is 10.2 Å². The molecule has 36 heavy (non-hydrogen) atoms. The van der Waals surface area contributed by atoms with Gasteiger partial charge in [-0.1, -0.05) is 6.07 Å². The van der Waals surface area contributed by atoms with Gasteiger partial charge in [0.25, 0.3) is 11.8 Å². The number of carbonyl (C=O) groups is 2. The molecule has 1 saturated heterocycles. The number of carbonyl (C=O) groups excluding carboxylic acids is 2. The summed E-state index contributed by atoms with van der Waals surface area (Å²) in [4.78, 5) is 38.0. The first-order chi connectivity index (χ1) is 17.5. The summed E-state index contributed by atoms with van der Waals surface area (Å²) in [5.41, 5.74) is 3.34. The molecule has 1 aromatic carbocycles. The molecule has 2 N–H and O–H groups in total. The largest absolute Gasteiger partial charge is 0.355 e. The fraction of sp³-hybridized carbons (Fsp3) is 0.231. The lowest BCUT2D eigenvalue weighted by Crippen LogP contribution is -2.44. The minimum absolute atomic E-state index is 0.201. The Morgan fingerprint density at radius 1 is 0.861 bits per heavy atom. The van der Waals surface area contributed by atoms with Crippen LogP contribution in [0, 0.1) is 0 Å². The lowest BCUT2D eigenvalue weighted by molar-refractivity contribution is 0.0961. The van der Waals surface area contributed by atoms with E-state index in [9.17, 15) is 9.59 Å². The molecule has 4 aromatic rings. The van der Waals surface area contributed by atoms with E-state index in [-0.39, 0.29) is 11.8 Å². The second-order valence-corrected chi connectivity index (χ2v) is 8.69. The molecule has 5 rings (SSSR count). The third-order valence-corrected chi connectivity index (χ3v) is 6.22. The van der Waals surface area contributed by atoms with Crippen LogP contribution >= 0.6 is 0 Å². The fourth-order valence-corrected chi connectivity index (χ4v) is 4.11. The number of aromatic nitrogens is 4. The van der Waals surface area contributed by atoms with E-state index in [1.807, 2.05) is 18.2 Å². The molecule has 0 radical (unpaired) electrons. The van der Waals surface area contributed by atoms with Gasteiger partial charge in [0.05, 0.1) is 11.1 Å². The van der Waals surface area contributed by atoms with E-state index in [0.29, 0.717) is 22.5 Å². The third kappa shape index (κ3) is 4.98. The zero-order valence-corrected chi connectivity index (χ0v) is 20.1. The summed E-state index contributed by atoms with van der Waals surface area (Å²) in [6.45, 7) is 3.65. The molecule has 0 aliphatic carbocycles. The van der Waals surface area contributed by atoms with Crippen LogP contribution in [-0.2, 0) is 0 Å². The molecule has 0 bridgehead atoms. The van der Waals surface area contributed by atoms with Crippen LogP contribution in [-0.4, -0.2) is 77.2 Å². The lowest BCUT2D eigenvalue weighted by Gasteiger charge is -2.33. The van der Waals surface area contributed by atoms with E-state index in [1.165, 1.54) is 6.20 Å². The monoisotopic (exact) mass is 482 g/mol. The number of hydrogen-bond acceptors (Lipinski definition) is 8. The van der Waals surface area contributed by atoms with Crippen molar-refractivity contribution in [2.24, 2.45) is 0 Å². The molecule has 1 fully saturated rings. The predicted molar refractivity (Wildman–Crippen MR) is 138 cm³/mol. The van der Waals surface area contributed by atoms with Gasteiger partial charge < -0.3 is 20.4 Å². The van der Waals surface area contributed by atoms with Crippen molar-refractivity contribution in [1.82, 2.24) is 30.4 Å². The summed E-state index contributed by atoms with van der Waals surface area (Å²) in [5, 5.41) is 14.7. The number of nitrogens with zero attached hydrogens (tertiary/aromatic N) is 6. The van der Waals surface area contributed by atoms with Crippen LogP contribution in [0.5, 0.6) is 0 Å². The first kappa shape index (κ1) is 23.3. The molecule has 2 amide bonds. The number of likely N-dealkylation sites (N-methyl/N-ethyl adjacent to an activating group) is 1. The van der Waals surface area contributed by atoms with Crippen molar-refractivity contribution in [2.45, 2.75) is 0 Å². The highest BCUT2D eigenvalue weighted by atomic mass is 16.2. The number of benzene rings is 1. The highest BCUT2D eigenvalue weighted by Crippen LogP contribution is 2.25. The zero-order chi connectivity index (χ0) is 25.1. The van der Waals surface area contributed by atoms with Crippen molar-refractivity contribution in [3.8, 4) is 11.1 Å². The van der Waals surface area contributed by atoms with E-state index >= 15 is 0 Å². The van der Waals surface area contributed by atoms with Crippen molar-refractivity contribution in [2.75, 3.05) is 50.5 Å². The van der Waals surface area contributed by atoms with Crippen molar-refractivity contribution in [1.29, 1.82) is 0 Å². The van der Waals surface area contributed by atoms with E-state index in [1.54, 1.807) is 43.7 Å². The van der Waals surface area contributed by atoms with Crippen molar-refractivity contribution in [3.05, 3.63) is 72.2 Å². The maximum Gasteiger partial charge on any atom is 0.257 e. The average molecular weight is 483 g/mol. The van der Waals surface area contributed by atoms with Crippen LogP contribution in [0.15, 0.2) is 61.1 Å². The predicted octanol–water partition coefficient (Wildman–Crippen LogP) is 2.45. The van der Waals surface area contributed by atoms with E-state index in [2.05, 4.69) is 47.6 Å². The quantitative estimate of drug-likeness (QED) is 0.446. The number of fused-ring (bicyclic) bond motifs is 1. The molecule has 4 heterocycles. The Morgan fingerprint density at radius 2 is 1.69 bits per heavy atom. The van der Waals surface area contributed by atoms with Crippen LogP contribution in [0.25, 0.3) is 22.0 Å². The standard InChI is InChI=1S/C26H26N8O2/c1-27-25(35)21-12-20(15-28-16-21)17-3-4-22-19(11-17)13-23(32-31-22)30-26(36)18-5-6-29-24(14-18)34-9-7-33(2)8-10-34/h3-6,11-16H,7-10H2,1-2H3,(H,27,35)(H,30,32,36). The second kappa shape index (κ2) is 10.0. The number of nitrogens with one attached hydrogen (secondary N) is 2. The minimum Gasteiger partial charge on any atom is -0.355 e. The van der Waals surface area contributed by atoms with Crippen LogP contribution in [0.3, 0.4) is 0 Å². The Kier molecular flexibility index (Phi) is 6.50. The maximum absolute atomic E-state index is 13.0. The van der Waals surface area contributed by atoms with Crippen LogP contribution in [0.2, 0.25) is 0 Å². The molecule has 0 unspecified atom stereocenters. The smallest absolute Gasteiger partial charge is 0.257 e. The Bertz CT molecular complexity index is 1430. The summed E-state index contributed by atoms with van der Waals surface area (Å²) >= 11 is 0. The minimum atomic E-state index is -0.278. The summed E-state index contributed by atoms with van der Waals surface area (Å²) in [6, 6.07) is 12.7. The number of piperazine rings is 1. The van der Waals surface area contributed by atoms with Crippen molar-refractivity contribution >= 4 is 34.4 Å². The van der Waals surface area contributed by atoms with Crippen LogP contribution in [0.1, 0.15) is 20.7 Å². The molecule has 1 aliphatic rings. The SMILES string of the molecule is CNC(=O)c1cncc(-c2ccc3nnc(NC(=O)c4ccnc(N5CCN(C)CC5)c4)cc3c2)c1. The molecule has 10 nitrogen and oxygen atoms in total. The van der Waals surface area contributed by atoms with E-state index in [4.69, 9.17) is 0 Å². The van der Waals surface area contributed by atoms with Gasteiger partial charge in [0, 0.05) is 68.3 Å². The van der Waals surface area contributed by atoms with Gasteiger partial charge >= 0.3 is 0 Å². The van der Waals surface area contributed by atoms with Crippen molar-refractivity contribution < 1.29 is 9.59 Å². The molecule has 10 heteroatoms. The summed E-state index contributed by atoms with van der Waals surface area (Å²) in [5.74, 6) is 0.658. The third-order valence-electron chi connectivity index (χ3n) is 6.22. The van der Waals surface area contributed by atoms with Gasteiger partial charge in [0.1, 0.15) is 5.82 Å². The molecule has 0 saturated carbocycles. The lowest BCUT2D eigenvalue weighted by atomic mass is 10.0. The summed E-state index contributed by atoms with van der Waals surface area (Å²) in [6.07, 6.45) is 4.88. The normalized spacial score (nSPS) is 14.0. The fourth-order valence-electron chi connectivity index (χ4n) is 4.11. The summed E-state index contributed by atoms with van der Waals surface area (Å²) in [7, 11) is 3.68. The first-order valence-corrected chi connectivity index (χ1v) is 11.7. The Balaban J connectivity index is 1.36. The molecule has 1 aliphatic heterocycles. The molecule has 0 spiro atoms. The zero-order valence-electron chi connectivity index (χ0n) is 20.1. The van der Waals surface area contributed by atoms with Gasteiger partial charge in [0.2, 0.25) is 0 Å². The van der Waals surface area contributed by atoms with Gasteiger partial charge in [-0.25, -0.2) is 4.98 Å². The number of anilines is 2. The number of rotatable bonds is 5. The molecular formula is C26H26N8O2. The molecule has 3 aromatic heterocycles. The van der Waals surface area contributed by atoms with Gasteiger partial charge in [-0.3, -0.25) is 14.6 Å². The van der Waals surface area contributed by atoms with Crippen molar-refractivity contribution in [3.63, 3.8) is 0 Å². The Labute approximate surface area is 208 Å².